The smallest absolute Gasteiger partial charge is 0.224 e. The van der Waals surface area contributed by atoms with Crippen LogP contribution in [0.25, 0.3) is 5.82 Å². The van der Waals surface area contributed by atoms with Crippen LogP contribution in [-0.4, -0.2) is 25.4 Å². The number of aromatic nitrogens is 4. The molecule has 1 amide bonds. The number of rotatable bonds is 6. The maximum absolute atomic E-state index is 11.8. The number of benzene rings is 1. The van der Waals surface area contributed by atoms with Crippen LogP contribution in [-0.2, 0) is 4.79 Å². The van der Waals surface area contributed by atoms with Crippen molar-refractivity contribution in [3.8, 4) is 5.82 Å². The third-order valence-corrected chi connectivity index (χ3v) is 4.03. The van der Waals surface area contributed by atoms with E-state index in [1.165, 1.54) is 19.2 Å². The highest BCUT2D eigenvalue weighted by Gasteiger charge is 2.24. The Labute approximate surface area is 145 Å². The van der Waals surface area contributed by atoms with Gasteiger partial charge in [-0.25, -0.2) is 15.0 Å². The topological polar surface area (TPSA) is 84.7 Å². The number of anilines is 3. The molecule has 3 aromatic rings. The van der Waals surface area contributed by atoms with Gasteiger partial charge in [0.1, 0.15) is 24.3 Å². The van der Waals surface area contributed by atoms with Crippen molar-refractivity contribution in [3.63, 3.8) is 0 Å². The van der Waals surface area contributed by atoms with Gasteiger partial charge in [-0.2, -0.15) is 0 Å². The van der Waals surface area contributed by atoms with E-state index in [9.17, 15) is 4.79 Å². The minimum absolute atomic E-state index is 0.0870. The second-order valence-corrected chi connectivity index (χ2v) is 6.13. The lowest BCUT2D eigenvalue weighted by Crippen LogP contribution is -2.11. The Morgan fingerprint density at radius 3 is 2.68 bits per heavy atom. The molecule has 2 heterocycles. The molecular weight excluding hydrogens is 316 g/mol. The summed E-state index contributed by atoms with van der Waals surface area (Å²) in [6.45, 7) is 0. The second-order valence-electron chi connectivity index (χ2n) is 6.13. The number of hydrogen-bond acceptors (Lipinski definition) is 5. The van der Waals surface area contributed by atoms with Crippen molar-refractivity contribution in [3.05, 3.63) is 55.4 Å². The highest BCUT2D eigenvalue weighted by Crippen LogP contribution is 2.32. The van der Waals surface area contributed by atoms with Gasteiger partial charge in [-0.3, -0.25) is 9.36 Å². The molecule has 0 unspecified atom stereocenters. The summed E-state index contributed by atoms with van der Waals surface area (Å²) in [6.07, 6.45) is 9.69. The fourth-order valence-corrected chi connectivity index (χ4v) is 2.53. The van der Waals surface area contributed by atoms with Gasteiger partial charge >= 0.3 is 0 Å². The number of nitrogens with zero attached hydrogens (tertiary/aromatic N) is 4. The Balaban J connectivity index is 1.40. The van der Waals surface area contributed by atoms with E-state index < -0.39 is 0 Å². The van der Waals surface area contributed by atoms with Crippen molar-refractivity contribution in [2.45, 2.75) is 19.3 Å². The summed E-state index contributed by atoms with van der Waals surface area (Å²) < 4.78 is 1.81. The second kappa shape index (κ2) is 6.72. The van der Waals surface area contributed by atoms with Gasteiger partial charge in [0.2, 0.25) is 5.91 Å². The minimum atomic E-state index is 0.0870. The first-order valence-corrected chi connectivity index (χ1v) is 8.23. The van der Waals surface area contributed by atoms with Crippen LogP contribution in [0, 0.1) is 5.92 Å². The van der Waals surface area contributed by atoms with Crippen molar-refractivity contribution in [2.75, 3.05) is 10.6 Å². The summed E-state index contributed by atoms with van der Waals surface area (Å²) in [6, 6.07) is 9.42. The van der Waals surface area contributed by atoms with E-state index in [1.54, 1.807) is 12.5 Å². The highest BCUT2D eigenvalue weighted by atomic mass is 16.1. The third kappa shape index (κ3) is 4.00. The maximum Gasteiger partial charge on any atom is 0.224 e. The summed E-state index contributed by atoms with van der Waals surface area (Å²) in [5.74, 6) is 2.09. The van der Waals surface area contributed by atoms with E-state index in [-0.39, 0.29) is 5.91 Å². The zero-order valence-electron chi connectivity index (χ0n) is 13.6. The molecule has 1 aliphatic rings. The van der Waals surface area contributed by atoms with Gasteiger partial charge in [0.25, 0.3) is 0 Å². The predicted octanol–water partition coefficient (Wildman–Crippen LogP) is 3.14. The van der Waals surface area contributed by atoms with Gasteiger partial charge in [-0.05, 0) is 43.0 Å². The fraction of sp³-hybridized carbons (Fsp3) is 0.222. The SMILES string of the molecule is O=C(CC1CC1)Nc1ccc(Nc2cc(-n3ccnc3)ncn2)cc1. The normalized spacial score (nSPS) is 13.4. The Bertz CT molecular complexity index is 856. The van der Waals surface area contributed by atoms with Crippen molar-refractivity contribution < 1.29 is 4.79 Å². The van der Waals surface area contributed by atoms with Crippen molar-refractivity contribution >= 4 is 23.1 Å². The Morgan fingerprint density at radius 1 is 1.16 bits per heavy atom. The average Bonchev–Trinajstić information content (AvgIpc) is 3.25. The predicted molar refractivity (Wildman–Crippen MR) is 94.8 cm³/mol. The van der Waals surface area contributed by atoms with Gasteiger partial charge in [0, 0.05) is 36.3 Å². The molecular formula is C18H18N6O. The fourth-order valence-electron chi connectivity index (χ4n) is 2.53. The molecule has 0 spiro atoms. The van der Waals surface area contributed by atoms with Crippen LogP contribution in [0.5, 0.6) is 0 Å². The molecule has 1 fully saturated rings. The van der Waals surface area contributed by atoms with Gasteiger partial charge in [0.15, 0.2) is 0 Å². The first kappa shape index (κ1) is 15.3. The summed E-state index contributed by atoms with van der Waals surface area (Å²) in [5, 5.41) is 6.16. The molecule has 7 heteroatoms. The zero-order chi connectivity index (χ0) is 17.1. The largest absolute Gasteiger partial charge is 0.340 e. The molecule has 0 aliphatic heterocycles. The molecule has 7 nitrogen and oxygen atoms in total. The number of imidazole rings is 1. The minimum Gasteiger partial charge on any atom is -0.340 e. The van der Waals surface area contributed by atoms with E-state index in [0.717, 1.165) is 17.2 Å². The van der Waals surface area contributed by atoms with Crippen LogP contribution in [0.1, 0.15) is 19.3 Å². The number of carbonyl (C=O) groups excluding carboxylic acids is 1. The molecule has 1 aromatic carbocycles. The molecule has 4 rings (SSSR count). The lowest BCUT2D eigenvalue weighted by atomic mass is 10.2. The summed E-state index contributed by atoms with van der Waals surface area (Å²) in [4.78, 5) is 24.3. The van der Waals surface area contributed by atoms with E-state index >= 15 is 0 Å². The third-order valence-electron chi connectivity index (χ3n) is 4.03. The number of carbonyl (C=O) groups is 1. The Kier molecular flexibility index (Phi) is 4.12. The Hall–Kier alpha value is -3.22. The summed E-state index contributed by atoms with van der Waals surface area (Å²) >= 11 is 0. The van der Waals surface area contributed by atoms with Crippen LogP contribution >= 0.6 is 0 Å². The van der Waals surface area contributed by atoms with Crippen LogP contribution < -0.4 is 10.6 Å². The van der Waals surface area contributed by atoms with Crippen molar-refractivity contribution in [1.82, 2.24) is 19.5 Å². The lowest BCUT2D eigenvalue weighted by Gasteiger charge is -2.09. The van der Waals surface area contributed by atoms with E-state index in [0.29, 0.717) is 18.2 Å². The van der Waals surface area contributed by atoms with Crippen LogP contribution in [0.4, 0.5) is 17.2 Å². The van der Waals surface area contributed by atoms with Gasteiger partial charge in [0.05, 0.1) is 0 Å². The monoisotopic (exact) mass is 334 g/mol. The standard InChI is InChI=1S/C18H18N6O/c25-18(9-13-1-2-13)23-15-5-3-14(4-6-15)22-16-10-17(21-11-20-16)24-8-7-19-12-24/h3-8,10-13H,1-2,9H2,(H,23,25)(H,20,21,22). The molecule has 0 bridgehead atoms. The van der Waals surface area contributed by atoms with E-state index in [2.05, 4.69) is 25.6 Å². The highest BCUT2D eigenvalue weighted by molar-refractivity contribution is 5.91. The molecule has 0 saturated heterocycles. The summed E-state index contributed by atoms with van der Waals surface area (Å²) in [7, 11) is 0. The quantitative estimate of drug-likeness (QED) is 0.723. The Morgan fingerprint density at radius 2 is 1.96 bits per heavy atom. The van der Waals surface area contributed by atoms with Crippen molar-refractivity contribution in [2.24, 2.45) is 5.92 Å². The molecule has 2 N–H and O–H groups in total. The molecule has 25 heavy (non-hydrogen) atoms. The van der Waals surface area contributed by atoms with E-state index in [4.69, 9.17) is 0 Å². The first-order valence-electron chi connectivity index (χ1n) is 8.23. The maximum atomic E-state index is 11.8. The van der Waals surface area contributed by atoms with Gasteiger partial charge in [-0.1, -0.05) is 0 Å². The zero-order valence-corrected chi connectivity index (χ0v) is 13.6. The number of amides is 1. The molecule has 2 aromatic heterocycles. The van der Waals surface area contributed by atoms with Crippen LogP contribution in [0.2, 0.25) is 0 Å². The molecule has 0 radical (unpaired) electrons. The summed E-state index contributed by atoms with van der Waals surface area (Å²) in [5.41, 5.74) is 1.69. The number of hydrogen-bond donors (Lipinski definition) is 2. The van der Waals surface area contributed by atoms with Crippen molar-refractivity contribution in [1.29, 1.82) is 0 Å². The average molecular weight is 334 g/mol. The first-order chi connectivity index (χ1) is 12.3. The van der Waals surface area contributed by atoms with Crippen LogP contribution in [0.3, 0.4) is 0 Å². The van der Waals surface area contributed by atoms with Gasteiger partial charge in [-0.15, -0.1) is 0 Å². The van der Waals surface area contributed by atoms with Crippen LogP contribution in [0.15, 0.2) is 55.4 Å². The molecule has 1 aliphatic carbocycles. The number of nitrogens with one attached hydrogen (secondary N) is 2. The lowest BCUT2D eigenvalue weighted by molar-refractivity contribution is -0.116. The molecule has 1 saturated carbocycles. The molecule has 0 atom stereocenters. The molecule has 126 valence electrons. The van der Waals surface area contributed by atoms with Gasteiger partial charge < -0.3 is 10.6 Å². The van der Waals surface area contributed by atoms with E-state index in [1.807, 2.05) is 41.1 Å².